The van der Waals surface area contributed by atoms with Crippen LogP contribution in [0.5, 0.6) is 0 Å². The normalized spacial score (nSPS) is 15.9. The molecule has 1 heterocycles. The number of halogens is 1. The zero-order valence-corrected chi connectivity index (χ0v) is 15.4. The standard InChI is InChI=1S/C19H20ClN3O4/c20-16-7-6-15(12-17(16)23(25)26)19(24)21-13-18(14-4-2-1-3-5-14)22-8-10-27-11-9-22/h1-7,12,18H,8-11,13H2,(H,21,24). The molecule has 1 unspecified atom stereocenters. The number of benzene rings is 2. The first-order valence-corrected chi connectivity index (χ1v) is 9.03. The third kappa shape index (κ3) is 4.82. The van der Waals surface area contributed by atoms with Gasteiger partial charge in [0, 0.05) is 31.3 Å². The smallest absolute Gasteiger partial charge is 0.288 e. The molecule has 0 radical (unpaired) electrons. The second-order valence-corrected chi connectivity index (χ2v) is 6.62. The lowest BCUT2D eigenvalue weighted by Gasteiger charge is -2.35. The Labute approximate surface area is 162 Å². The van der Waals surface area contributed by atoms with Gasteiger partial charge in [-0.25, -0.2) is 0 Å². The molecule has 1 aliphatic heterocycles. The SMILES string of the molecule is O=C(NCC(c1ccccc1)N1CCOCC1)c1ccc(Cl)c([N+](=O)[O-])c1. The molecule has 0 spiro atoms. The number of carbonyl (C=O) groups excluding carboxylic acids is 1. The van der Waals surface area contributed by atoms with E-state index < -0.39 is 4.92 Å². The highest BCUT2D eigenvalue weighted by molar-refractivity contribution is 6.32. The lowest BCUT2D eigenvalue weighted by molar-refractivity contribution is -0.384. The second-order valence-electron chi connectivity index (χ2n) is 6.21. The van der Waals surface area contributed by atoms with Gasteiger partial charge >= 0.3 is 0 Å². The van der Waals surface area contributed by atoms with Crippen LogP contribution in [0.1, 0.15) is 22.0 Å². The van der Waals surface area contributed by atoms with Crippen molar-refractivity contribution >= 4 is 23.2 Å². The van der Waals surface area contributed by atoms with Crippen LogP contribution in [0.4, 0.5) is 5.69 Å². The quantitative estimate of drug-likeness (QED) is 0.606. The first-order valence-electron chi connectivity index (χ1n) is 8.65. The van der Waals surface area contributed by atoms with Crippen LogP contribution in [0.15, 0.2) is 48.5 Å². The summed E-state index contributed by atoms with van der Waals surface area (Å²) < 4.78 is 5.42. The predicted octanol–water partition coefficient (Wildman–Crippen LogP) is 3.05. The molecule has 1 saturated heterocycles. The van der Waals surface area contributed by atoms with Gasteiger partial charge < -0.3 is 10.1 Å². The van der Waals surface area contributed by atoms with E-state index >= 15 is 0 Å². The average molecular weight is 390 g/mol. The first-order chi connectivity index (χ1) is 13.1. The molecule has 27 heavy (non-hydrogen) atoms. The molecule has 0 bridgehead atoms. The molecule has 1 N–H and O–H groups in total. The van der Waals surface area contributed by atoms with E-state index in [2.05, 4.69) is 10.2 Å². The third-order valence-corrected chi connectivity index (χ3v) is 4.85. The van der Waals surface area contributed by atoms with Gasteiger partial charge in [0.15, 0.2) is 0 Å². The Kier molecular flexibility index (Phi) is 6.39. The largest absolute Gasteiger partial charge is 0.379 e. The topological polar surface area (TPSA) is 84.7 Å². The molecule has 1 fully saturated rings. The number of amides is 1. The second kappa shape index (κ2) is 8.94. The van der Waals surface area contributed by atoms with Gasteiger partial charge in [0.1, 0.15) is 5.02 Å². The van der Waals surface area contributed by atoms with E-state index in [1.807, 2.05) is 30.3 Å². The number of carbonyl (C=O) groups is 1. The van der Waals surface area contributed by atoms with Crippen molar-refractivity contribution < 1.29 is 14.5 Å². The zero-order valence-electron chi connectivity index (χ0n) is 14.6. The van der Waals surface area contributed by atoms with Crippen LogP contribution in [0.25, 0.3) is 0 Å². The van der Waals surface area contributed by atoms with E-state index in [1.54, 1.807) is 0 Å². The fraction of sp³-hybridized carbons (Fsp3) is 0.316. The number of morpholine rings is 1. The summed E-state index contributed by atoms with van der Waals surface area (Å²) in [6, 6.07) is 14.0. The van der Waals surface area contributed by atoms with E-state index in [4.69, 9.17) is 16.3 Å². The van der Waals surface area contributed by atoms with Crippen molar-refractivity contribution in [3.63, 3.8) is 0 Å². The highest BCUT2D eigenvalue weighted by Crippen LogP contribution is 2.25. The highest BCUT2D eigenvalue weighted by atomic mass is 35.5. The van der Waals surface area contributed by atoms with Gasteiger partial charge in [0.2, 0.25) is 0 Å². The average Bonchev–Trinajstić information content (AvgIpc) is 2.70. The summed E-state index contributed by atoms with van der Waals surface area (Å²) in [5, 5.41) is 13.9. The number of rotatable bonds is 6. The maximum Gasteiger partial charge on any atom is 0.288 e. The number of nitro benzene ring substituents is 1. The molecule has 1 amide bonds. The van der Waals surface area contributed by atoms with Gasteiger partial charge in [0.25, 0.3) is 11.6 Å². The van der Waals surface area contributed by atoms with Crippen LogP contribution in [0, 0.1) is 10.1 Å². The molecule has 1 aliphatic rings. The molecule has 8 heteroatoms. The Morgan fingerprint density at radius 1 is 1.22 bits per heavy atom. The summed E-state index contributed by atoms with van der Waals surface area (Å²) in [5.74, 6) is -0.371. The maximum atomic E-state index is 12.5. The lowest BCUT2D eigenvalue weighted by Crippen LogP contribution is -2.43. The van der Waals surface area contributed by atoms with Crippen LogP contribution in [0.2, 0.25) is 5.02 Å². The number of ether oxygens (including phenoxy) is 1. The molecule has 7 nitrogen and oxygen atoms in total. The molecule has 1 atom stereocenters. The van der Waals surface area contributed by atoms with Gasteiger partial charge in [-0.05, 0) is 17.7 Å². The molecule has 2 aromatic rings. The van der Waals surface area contributed by atoms with Crippen molar-refractivity contribution in [3.8, 4) is 0 Å². The molecular weight excluding hydrogens is 370 g/mol. The van der Waals surface area contributed by atoms with Crippen molar-refractivity contribution in [1.82, 2.24) is 10.2 Å². The summed E-state index contributed by atoms with van der Waals surface area (Å²) >= 11 is 5.81. The van der Waals surface area contributed by atoms with Crippen molar-refractivity contribution in [2.45, 2.75) is 6.04 Å². The van der Waals surface area contributed by atoms with Gasteiger partial charge in [-0.1, -0.05) is 41.9 Å². The Morgan fingerprint density at radius 3 is 2.59 bits per heavy atom. The Hall–Kier alpha value is -2.48. The molecule has 0 saturated carbocycles. The van der Waals surface area contributed by atoms with Crippen molar-refractivity contribution in [2.24, 2.45) is 0 Å². The number of nitrogens with one attached hydrogen (secondary N) is 1. The van der Waals surface area contributed by atoms with Gasteiger partial charge in [-0.2, -0.15) is 0 Å². The van der Waals surface area contributed by atoms with Crippen molar-refractivity contribution in [1.29, 1.82) is 0 Å². The summed E-state index contributed by atoms with van der Waals surface area (Å²) in [7, 11) is 0. The summed E-state index contributed by atoms with van der Waals surface area (Å²) in [6.07, 6.45) is 0. The fourth-order valence-corrected chi connectivity index (χ4v) is 3.29. The molecular formula is C19H20ClN3O4. The van der Waals surface area contributed by atoms with Gasteiger partial charge in [-0.3, -0.25) is 19.8 Å². The fourth-order valence-electron chi connectivity index (χ4n) is 3.11. The lowest BCUT2D eigenvalue weighted by atomic mass is 10.0. The minimum absolute atomic E-state index is 0.00124. The summed E-state index contributed by atoms with van der Waals surface area (Å²) in [5.41, 5.74) is 1.03. The number of nitro groups is 1. The predicted molar refractivity (Wildman–Crippen MR) is 102 cm³/mol. The Bertz CT molecular complexity index is 810. The van der Waals surface area contributed by atoms with Crippen molar-refractivity contribution in [3.05, 3.63) is 74.8 Å². The van der Waals surface area contributed by atoms with Crippen LogP contribution in [-0.4, -0.2) is 48.6 Å². The van der Waals surface area contributed by atoms with Gasteiger partial charge in [0.05, 0.1) is 24.2 Å². The third-order valence-electron chi connectivity index (χ3n) is 4.53. The minimum Gasteiger partial charge on any atom is -0.379 e. The molecule has 0 aliphatic carbocycles. The summed E-state index contributed by atoms with van der Waals surface area (Å²) in [4.78, 5) is 25.2. The molecule has 142 valence electrons. The Balaban J connectivity index is 1.74. The zero-order chi connectivity index (χ0) is 19.2. The monoisotopic (exact) mass is 389 g/mol. The minimum atomic E-state index is -0.598. The number of nitrogens with zero attached hydrogens (tertiary/aromatic N) is 2. The van der Waals surface area contributed by atoms with Crippen LogP contribution in [-0.2, 0) is 4.74 Å². The number of hydrogen-bond acceptors (Lipinski definition) is 5. The van der Waals surface area contributed by atoms with Gasteiger partial charge in [-0.15, -0.1) is 0 Å². The van der Waals surface area contributed by atoms with Crippen LogP contribution in [0.3, 0.4) is 0 Å². The highest BCUT2D eigenvalue weighted by Gasteiger charge is 2.24. The molecule has 2 aromatic carbocycles. The van der Waals surface area contributed by atoms with Crippen molar-refractivity contribution in [2.75, 3.05) is 32.8 Å². The van der Waals surface area contributed by atoms with Crippen LogP contribution < -0.4 is 5.32 Å². The van der Waals surface area contributed by atoms with E-state index in [0.717, 1.165) is 18.7 Å². The van der Waals surface area contributed by atoms with E-state index in [0.29, 0.717) is 19.8 Å². The number of hydrogen-bond donors (Lipinski definition) is 1. The first kappa shape index (κ1) is 19.3. The summed E-state index contributed by atoms with van der Waals surface area (Å²) in [6.45, 7) is 3.25. The molecule has 0 aromatic heterocycles. The maximum absolute atomic E-state index is 12.5. The van der Waals surface area contributed by atoms with E-state index in [-0.39, 0.29) is 28.2 Å². The van der Waals surface area contributed by atoms with Crippen LogP contribution >= 0.6 is 11.6 Å². The van der Waals surface area contributed by atoms with E-state index in [9.17, 15) is 14.9 Å². The molecule has 3 rings (SSSR count). The Morgan fingerprint density at radius 2 is 1.93 bits per heavy atom. The van der Waals surface area contributed by atoms with E-state index in [1.165, 1.54) is 18.2 Å².